The number of alkyl halides is 3. The van der Waals surface area contributed by atoms with E-state index in [4.69, 9.17) is 0 Å². The number of halogens is 4. The Morgan fingerprint density at radius 3 is 2.38 bits per heavy atom. The van der Waals surface area contributed by atoms with Crippen molar-refractivity contribution in [1.29, 1.82) is 0 Å². The molecular formula is C8H4F3IN4. The van der Waals surface area contributed by atoms with E-state index in [-0.39, 0.29) is 5.82 Å². The Kier molecular flexibility index (Phi) is 2.82. The Morgan fingerprint density at radius 2 is 1.94 bits per heavy atom. The summed E-state index contributed by atoms with van der Waals surface area (Å²) in [6.45, 7) is 0. The molecular weight excluding hydrogens is 336 g/mol. The van der Waals surface area contributed by atoms with Crippen molar-refractivity contribution in [3.63, 3.8) is 0 Å². The highest BCUT2D eigenvalue weighted by molar-refractivity contribution is 14.1. The Morgan fingerprint density at radius 1 is 1.19 bits per heavy atom. The monoisotopic (exact) mass is 340 g/mol. The molecule has 0 aromatic carbocycles. The highest BCUT2D eigenvalue weighted by Crippen LogP contribution is 2.26. The van der Waals surface area contributed by atoms with Crippen LogP contribution in [0.1, 0.15) is 5.69 Å². The SMILES string of the molecule is FC(F)(F)c1ccc(-n2cc(I)cn2)nn1. The van der Waals surface area contributed by atoms with Crippen molar-refractivity contribution in [3.05, 3.63) is 33.8 Å². The molecule has 0 aliphatic rings. The highest BCUT2D eigenvalue weighted by atomic mass is 127. The van der Waals surface area contributed by atoms with Crippen molar-refractivity contribution in [1.82, 2.24) is 20.0 Å². The normalized spacial score (nSPS) is 11.8. The summed E-state index contributed by atoms with van der Waals surface area (Å²) in [4.78, 5) is 0. The Bertz CT molecular complexity index is 491. The van der Waals surface area contributed by atoms with Crippen LogP contribution in [0, 0.1) is 3.57 Å². The molecule has 2 heterocycles. The molecule has 0 saturated heterocycles. The number of aromatic nitrogens is 4. The van der Waals surface area contributed by atoms with Gasteiger partial charge in [-0.25, -0.2) is 4.68 Å². The van der Waals surface area contributed by atoms with Gasteiger partial charge in [0.2, 0.25) is 0 Å². The van der Waals surface area contributed by atoms with E-state index in [9.17, 15) is 13.2 Å². The van der Waals surface area contributed by atoms with Crippen LogP contribution in [0.2, 0.25) is 0 Å². The first-order valence-corrected chi connectivity index (χ1v) is 5.16. The fraction of sp³-hybridized carbons (Fsp3) is 0.125. The first-order valence-electron chi connectivity index (χ1n) is 4.08. The molecule has 84 valence electrons. The first kappa shape index (κ1) is 11.3. The van der Waals surface area contributed by atoms with Gasteiger partial charge in [-0.3, -0.25) is 0 Å². The zero-order chi connectivity index (χ0) is 11.8. The van der Waals surface area contributed by atoms with E-state index in [0.717, 1.165) is 9.64 Å². The molecule has 0 aliphatic heterocycles. The van der Waals surface area contributed by atoms with Gasteiger partial charge in [0.25, 0.3) is 0 Å². The summed E-state index contributed by atoms with van der Waals surface area (Å²) in [6, 6.07) is 2.09. The van der Waals surface area contributed by atoms with Crippen LogP contribution in [0.4, 0.5) is 13.2 Å². The fourth-order valence-corrected chi connectivity index (χ4v) is 1.41. The summed E-state index contributed by atoms with van der Waals surface area (Å²) < 4.78 is 38.8. The highest BCUT2D eigenvalue weighted by Gasteiger charge is 2.32. The third-order valence-electron chi connectivity index (χ3n) is 1.73. The van der Waals surface area contributed by atoms with Crippen LogP contribution >= 0.6 is 22.6 Å². The smallest absolute Gasteiger partial charge is 0.220 e. The molecule has 2 aromatic heterocycles. The van der Waals surface area contributed by atoms with Crippen molar-refractivity contribution in [2.75, 3.05) is 0 Å². The molecule has 0 amide bonds. The van der Waals surface area contributed by atoms with Crippen LogP contribution in [-0.2, 0) is 6.18 Å². The van der Waals surface area contributed by atoms with E-state index in [1.165, 1.54) is 10.7 Å². The summed E-state index contributed by atoms with van der Waals surface area (Å²) in [5.41, 5.74) is -1.02. The predicted octanol–water partition coefficient (Wildman–Crippen LogP) is 2.29. The number of rotatable bonds is 1. The average Bonchev–Trinajstić information content (AvgIpc) is 2.64. The van der Waals surface area contributed by atoms with Crippen molar-refractivity contribution >= 4 is 22.6 Å². The third-order valence-corrected chi connectivity index (χ3v) is 2.28. The molecule has 0 atom stereocenters. The average molecular weight is 340 g/mol. The van der Waals surface area contributed by atoms with E-state index >= 15 is 0 Å². The summed E-state index contributed by atoms with van der Waals surface area (Å²) in [7, 11) is 0. The van der Waals surface area contributed by atoms with Crippen LogP contribution in [0.15, 0.2) is 24.5 Å². The quantitative estimate of drug-likeness (QED) is 0.749. The second-order valence-electron chi connectivity index (χ2n) is 2.88. The minimum absolute atomic E-state index is 0.246. The molecule has 0 N–H and O–H groups in total. The van der Waals surface area contributed by atoms with Crippen LogP contribution in [0.25, 0.3) is 5.82 Å². The standard InChI is InChI=1S/C8H4F3IN4/c9-8(10,11)6-1-2-7(15-14-6)16-4-5(12)3-13-16/h1-4H. The van der Waals surface area contributed by atoms with Crippen LogP contribution < -0.4 is 0 Å². The first-order chi connectivity index (χ1) is 7.47. The molecule has 0 unspecified atom stereocenters. The van der Waals surface area contributed by atoms with Gasteiger partial charge < -0.3 is 0 Å². The summed E-state index contributed by atoms with van der Waals surface area (Å²) in [5, 5.41) is 10.5. The van der Waals surface area contributed by atoms with Crippen molar-refractivity contribution in [3.8, 4) is 5.82 Å². The maximum absolute atomic E-state index is 12.2. The molecule has 0 fully saturated rings. The molecule has 0 spiro atoms. The van der Waals surface area contributed by atoms with Crippen LogP contribution in [0.5, 0.6) is 0 Å². The van der Waals surface area contributed by atoms with E-state index in [0.29, 0.717) is 0 Å². The van der Waals surface area contributed by atoms with Gasteiger partial charge >= 0.3 is 6.18 Å². The van der Waals surface area contributed by atoms with Gasteiger partial charge in [0.05, 0.1) is 9.77 Å². The minimum Gasteiger partial charge on any atom is -0.220 e. The van der Waals surface area contributed by atoms with Crippen LogP contribution in [-0.4, -0.2) is 20.0 Å². The second-order valence-corrected chi connectivity index (χ2v) is 4.12. The van der Waals surface area contributed by atoms with Gasteiger partial charge in [0, 0.05) is 6.20 Å². The summed E-state index contributed by atoms with van der Waals surface area (Å²) in [6.07, 6.45) is -1.26. The van der Waals surface area contributed by atoms with Crippen molar-refractivity contribution < 1.29 is 13.2 Å². The molecule has 2 rings (SSSR count). The molecule has 8 heteroatoms. The topological polar surface area (TPSA) is 43.6 Å². The Balaban J connectivity index is 2.33. The van der Waals surface area contributed by atoms with Crippen LogP contribution in [0.3, 0.4) is 0 Å². The Labute approximate surface area is 102 Å². The van der Waals surface area contributed by atoms with Gasteiger partial charge in [0.1, 0.15) is 0 Å². The molecule has 2 aromatic rings. The number of hydrogen-bond acceptors (Lipinski definition) is 3. The largest absolute Gasteiger partial charge is 0.435 e. The van der Waals surface area contributed by atoms with Gasteiger partial charge in [-0.2, -0.15) is 18.3 Å². The van der Waals surface area contributed by atoms with Gasteiger partial charge in [0.15, 0.2) is 11.5 Å². The second kappa shape index (κ2) is 4.00. The molecule has 0 radical (unpaired) electrons. The predicted molar refractivity (Wildman–Crippen MR) is 56.9 cm³/mol. The summed E-state index contributed by atoms with van der Waals surface area (Å²) >= 11 is 2.04. The molecule has 16 heavy (non-hydrogen) atoms. The third kappa shape index (κ3) is 2.31. The van der Waals surface area contributed by atoms with Gasteiger partial charge in [-0.15, -0.1) is 10.2 Å². The fourth-order valence-electron chi connectivity index (χ4n) is 1.02. The molecule has 0 saturated carbocycles. The zero-order valence-electron chi connectivity index (χ0n) is 7.61. The van der Waals surface area contributed by atoms with Gasteiger partial charge in [-0.1, -0.05) is 0 Å². The molecule has 0 bridgehead atoms. The summed E-state index contributed by atoms with van der Waals surface area (Å²) in [5.74, 6) is 0.246. The van der Waals surface area contributed by atoms with E-state index in [2.05, 4.69) is 15.3 Å². The zero-order valence-corrected chi connectivity index (χ0v) is 9.77. The number of nitrogens with zero attached hydrogens (tertiary/aromatic N) is 4. The van der Waals surface area contributed by atoms with Gasteiger partial charge in [-0.05, 0) is 34.7 Å². The van der Waals surface area contributed by atoms with Crippen molar-refractivity contribution in [2.45, 2.75) is 6.18 Å². The van der Waals surface area contributed by atoms with E-state index in [1.807, 2.05) is 22.6 Å². The lowest BCUT2D eigenvalue weighted by Gasteiger charge is -2.04. The molecule has 0 aliphatic carbocycles. The molecule has 4 nitrogen and oxygen atoms in total. The lowest BCUT2D eigenvalue weighted by atomic mass is 10.4. The maximum atomic E-state index is 12.2. The van der Waals surface area contributed by atoms with E-state index < -0.39 is 11.9 Å². The van der Waals surface area contributed by atoms with E-state index in [1.54, 1.807) is 12.4 Å². The van der Waals surface area contributed by atoms with Crippen molar-refractivity contribution in [2.24, 2.45) is 0 Å². The number of hydrogen-bond donors (Lipinski definition) is 0. The maximum Gasteiger partial charge on any atom is 0.435 e. The lowest BCUT2D eigenvalue weighted by Crippen LogP contribution is -2.10. The minimum atomic E-state index is -4.47. The Hall–Kier alpha value is -1.19. The lowest BCUT2D eigenvalue weighted by molar-refractivity contribution is -0.141.